The largest absolute Gasteiger partial charge is 0.481 e. The Bertz CT molecular complexity index is 515. The molecule has 0 saturated carbocycles. The van der Waals surface area contributed by atoms with Gasteiger partial charge in [0.15, 0.2) is 0 Å². The number of benzene rings is 1. The van der Waals surface area contributed by atoms with E-state index in [-0.39, 0.29) is 29.7 Å². The number of carboxylic acids is 1. The molecule has 1 rings (SSSR count). The number of aliphatic carboxylic acids is 1. The normalized spacial score (nSPS) is 13.0. The first-order chi connectivity index (χ1) is 9.62. The minimum Gasteiger partial charge on any atom is -0.481 e. The highest BCUT2D eigenvalue weighted by Crippen LogP contribution is 2.25. The van der Waals surface area contributed by atoms with Crippen LogP contribution in [0.4, 0.5) is 0 Å². The standard InChI is InChI=1S/C17H25NO3/c1-11(2)14(10-15(19)20)18-16(21)12-8-6-7-9-13(12)17(3,4)5/h6-9,11,14H,10H2,1-5H3,(H,18,21)(H,19,20). The van der Waals surface area contributed by atoms with E-state index in [1.165, 1.54) is 0 Å². The van der Waals surface area contributed by atoms with Crippen LogP contribution in [0.2, 0.25) is 0 Å². The molecule has 1 unspecified atom stereocenters. The lowest BCUT2D eigenvalue weighted by Crippen LogP contribution is -2.40. The molecule has 0 spiro atoms. The number of carboxylic acid groups (broad SMARTS) is 1. The van der Waals surface area contributed by atoms with Crippen molar-refractivity contribution in [1.82, 2.24) is 5.32 Å². The monoisotopic (exact) mass is 291 g/mol. The van der Waals surface area contributed by atoms with Gasteiger partial charge in [0.1, 0.15) is 0 Å². The van der Waals surface area contributed by atoms with Crippen LogP contribution >= 0.6 is 0 Å². The number of nitrogens with one attached hydrogen (secondary N) is 1. The minimum absolute atomic E-state index is 0.0619. The van der Waals surface area contributed by atoms with E-state index in [4.69, 9.17) is 5.11 Å². The van der Waals surface area contributed by atoms with E-state index in [9.17, 15) is 9.59 Å². The molecule has 4 heteroatoms. The predicted molar refractivity (Wildman–Crippen MR) is 83.5 cm³/mol. The molecule has 0 saturated heterocycles. The van der Waals surface area contributed by atoms with Crippen molar-refractivity contribution in [3.8, 4) is 0 Å². The van der Waals surface area contributed by atoms with Crippen molar-refractivity contribution in [3.05, 3.63) is 35.4 Å². The zero-order valence-electron chi connectivity index (χ0n) is 13.4. The molecule has 0 fully saturated rings. The Morgan fingerprint density at radius 3 is 2.24 bits per heavy atom. The summed E-state index contributed by atoms with van der Waals surface area (Å²) in [5, 5.41) is 11.8. The Labute approximate surface area is 126 Å². The lowest BCUT2D eigenvalue weighted by Gasteiger charge is -2.25. The highest BCUT2D eigenvalue weighted by molar-refractivity contribution is 5.96. The Hall–Kier alpha value is -1.84. The second-order valence-electron chi connectivity index (χ2n) is 6.72. The molecular formula is C17H25NO3. The van der Waals surface area contributed by atoms with Crippen molar-refractivity contribution in [2.24, 2.45) is 5.92 Å². The molecule has 4 nitrogen and oxygen atoms in total. The average Bonchev–Trinajstić information content (AvgIpc) is 2.36. The maximum atomic E-state index is 12.5. The number of amides is 1. The fraction of sp³-hybridized carbons (Fsp3) is 0.529. The number of carbonyl (C=O) groups excluding carboxylic acids is 1. The Morgan fingerprint density at radius 2 is 1.76 bits per heavy atom. The molecule has 1 amide bonds. The fourth-order valence-electron chi connectivity index (χ4n) is 2.22. The van der Waals surface area contributed by atoms with Crippen molar-refractivity contribution in [2.75, 3.05) is 0 Å². The Balaban J connectivity index is 3.01. The van der Waals surface area contributed by atoms with Crippen LogP contribution < -0.4 is 5.32 Å². The lowest BCUT2D eigenvalue weighted by molar-refractivity contribution is -0.137. The van der Waals surface area contributed by atoms with Gasteiger partial charge in [-0.05, 0) is 23.0 Å². The van der Waals surface area contributed by atoms with Gasteiger partial charge in [-0.25, -0.2) is 0 Å². The van der Waals surface area contributed by atoms with Crippen LogP contribution in [-0.4, -0.2) is 23.0 Å². The van der Waals surface area contributed by atoms with E-state index in [1.807, 2.05) is 32.0 Å². The van der Waals surface area contributed by atoms with Gasteiger partial charge in [0.05, 0.1) is 6.42 Å². The van der Waals surface area contributed by atoms with Crippen molar-refractivity contribution in [2.45, 2.75) is 52.5 Å². The molecule has 1 aromatic rings. The predicted octanol–water partition coefficient (Wildman–Crippen LogP) is 3.21. The number of hydrogen-bond donors (Lipinski definition) is 2. The summed E-state index contributed by atoms with van der Waals surface area (Å²) >= 11 is 0. The van der Waals surface area contributed by atoms with Crippen LogP contribution in [-0.2, 0) is 10.2 Å². The first-order valence-corrected chi connectivity index (χ1v) is 7.25. The van der Waals surface area contributed by atoms with Crippen LogP contribution in [0.1, 0.15) is 57.0 Å². The highest BCUT2D eigenvalue weighted by Gasteiger charge is 2.24. The third-order valence-electron chi connectivity index (χ3n) is 3.50. The van der Waals surface area contributed by atoms with Gasteiger partial charge in [-0.2, -0.15) is 0 Å². The van der Waals surface area contributed by atoms with Crippen LogP contribution in [0.15, 0.2) is 24.3 Å². The molecule has 0 aliphatic carbocycles. The summed E-state index contributed by atoms with van der Waals surface area (Å²) in [5.74, 6) is -1.05. The molecule has 1 aromatic carbocycles. The van der Waals surface area contributed by atoms with Crippen LogP contribution in [0.3, 0.4) is 0 Å². The molecule has 0 radical (unpaired) electrons. The zero-order valence-corrected chi connectivity index (χ0v) is 13.4. The molecule has 0 heterocycles. The second-order valence-corrected chi connectivity index (χ2v) is 6.72. The van der Waals surface area contributed by atoms with Gasteiger partial charge in [-0.1, -0.05) is 52.8 Å². The Morgan fingerprint density at radius 1 is 1.19 bits per heavy atom. The van der Waals surface area contributed by atoms with Crippen LogP contribution in [0, 0.1) is 5.92 Å². The van der Waals surface area contributed by atoms with Crippen molar-refractivity contribution in [1.29, 1.82) is 0 Å². The molecule has 116 valence electrons. The molecule has 0 aliphatic heterocycles. The molecule has 1 atom stereocenters. The molecule has 2 N–H and O–H groups in total. The van der Waals surface area contributed by atoms with E-state index in [0.29, 0.717) is 5.56 Å². The lowest BCUT2D eigenvalue weighted by atomic mass is 9.83. The first-order valence-electron chi connectivity index (χ1n) is 7.25. The Kier molecular flexibility index (Phi) is 5.53. The third-order valence-corrected chi connectivity index (χ3v) is 3.50. The first kappa shape index (κ1) is 17.2. The SMILES string of the molecule is CC(C)C(CC(=O)O)NC(=O)c1ccccc1C(C)(C)C. The van der Waals surface area contributed by atoms with Gasteiger partial charge in [0.25, 0.3) is 5.91 Å². The molecular weight excluding hydrogens is 266 g/mol. The van der Waals surface area contributed by atoms with E-state index < -0.39 is 5.97 Å². The van der Waals surface area contributed by atoms with Gasteiger partial charge in [-0.3, -0.25) is 9.59 Å². The summed E-state index contributed by atoms with van der Waals surface area (Å²) in [6, 6.07) is 7.09. The van der Waals surface area contributed by atoms with Crippen molar-refractivity contribution in [3.63, 3.8) is 0 Å². The van der Waals surface area contributed by atoms with Gasteiger partial charge in [0.2, 0.25) is 0 Å². The van der Waals surface area contributed by atoms with Crippen LogP contribution in [0.5, 0.6) is 0 Å². The van der Waals surface area contributed by atoms with Crippen molar-refractivity contribution < 1.29 is 14.7 Å². The van der Waals surface area contributed by atoms with Gasteiger partial charge in [0, 0.05) is 11.6 Å². The van der Waals surface area contributed by atoms with Crippen LogP contribution in [0.25, 0.3) is 0 Å². The molecule has 0 aromatic heterocycles. The number of hydrogen-bond acceptors (Lipinski definition) is 2. The van der Waals surface area contributed by atoms with E-state index in [1.54, 1.807) is 6.07 Å². The maximum Gasteiger partial charge on any atom is 0.305 e. The summed E-state index contributed by atoms with van der Waals surface area (Å²) in [5.41, 5.74) is 1.43. The summed E-state index contributed by atoms with van der Waals surface area (Å²) in [6.07, 6.45) is -0.0684. The maximum absolute atomic E-state index is 12.5. The molecule has 0 bridgehead atoms. The van der Waals surface area contributed by atoms with E-state index in [2.05, 4.69) is 26.1 Å². The number of rotatable bonds is 5. The van der Waals surface area contributed by atoms with Gasteiger partial charge in [-0.15, -0.1) is 0 Å². The second kappa shape index (κ2) is 6.74. The molecule has 21 heavy (non-hydrogen) atoms. The third kappa shape index (κ3) is 4.88. The summed E-state index contributed by atoms with van der Waals surface area (Å²) in [4.78, 5) is 23.4. The van der Waals surface area contributed by atoms with Crippen molar-refractivity contribution >= 4 is 11.9 Å². The molecule has 0 aliphatic rings. The number of carbonyl (C=O) groups is 2. The smallest absolute Gasteiger partial charge is 0.305 e. The fourth-order valence-corrected chi connectivity index (χ4v) is 2.22. The average molecular weight is 291 g/mol. The quantitative estimate of drug-likeness (QED) is 0.875. The highest BCUT2D eigenvalue weighted by atomic mass is 16.4. The summed E-state index contributed by atoms with van der Waals surface area (Å²) in [7, 11) is 0. The van der Waals surface area contributed by atoms with E-state index in [0.717, 1.165) is 5.56 Å². The topological polar surface area (TPSA) is 66.4 Å². The summed E-state index contributed by atoms with van der Waals surface area (Å²) < 4.78 is 0. The van der Waals surface area contributed by atoms with E-state index >= 15 is 0 Å². The summed E-state index contributed by atoms with van der Waals surface area (Å²) in [6.45, 7) is 9.97. The van der Waals surface area contributed by atoms with Gasteiger partial charge < -0.3 is 10.4 Å². The van der Waals surface area contributed by atoms with Gasteiger partial charge >= 0.3 is 5.97 Å². The minimum atomic E-state index is -0.905. The zero-order chi connectivity index (χ0) is 16.2.